The zero-order chi connectivity index (χ0) is 17.0. The largest absolute Gasteiger partial charge is 0.370 e. The van der Waals surface area contributed by atoms with E-state index < -0.39 is 0 Å². The monoisotopic (exact) mass is 313 g/mol. The van der Waals surface area contributed by atoms with Crippen molar-refractivity contribution in [3.05, 3.63) is 29.3 Å². The van der Waals surface area contributed by atoms with Crippen molar-refractivity contribution in [3.8, 4) is 6.07 Å². The Labute approximate surface area is 137 Å². The molecule has 0 unspecified atom stereocenters. The van der Waals surface area contributed by atoms with E-state index in [-0.39, 0.29) is 23.7 Å². The number of hydrogen-bond donors (Lipinski definition) is 1. The smallest absolute Gasteiger partial charge is 0.223 e. The van der Waals surface area contributed by atoms with Crippen LogP contribution < -0.4 is 10.2 Å². The molecule has 0 aromatic heterocycles. The van der Waals surface area contributed by atoms with Crippen LogP contribution in [-0.4, -0.2) is 30.8 Å². The molecule has 1 aromatic rings. The van der Waals surface area contributed by atoms with E-state index in [4.69, 9.17) is 0 Å². The van der Waals surface area contributed by atoms with E-state index in [0.29, 0.717) is 24.2 Å². The molecule has 1 heterocycles. The lowest BCUT2D eigenvalue weighted by Gasteiger charge is -2.34. The Bertz CT molecular complexity index is 638. The number of nitrogens with one attached hydrogen (secondary N) is 1. The molecule has 0 radical (unpaired) electrons. The van der Waals surface area contributed by atoms with E-state index in [1.165, 1.54) is 6.92 Å². The number of hydrogen-bond acceptors (Lipinski definition) is 4. The number of benzene rings is 1. The van der Waals surface area contributed by atoms with Gasteiger partial charge in [0.1, 0.15) is 6.07 Å². The minimum atomic E-state index is -0.0121. The average Bonchev–Trinajstić information content (AvgIpc) is 2.53. The van der Waals surface area contributed by atoms with E-state index in [2.05, 4.69) is 16.3 Å². The van der Waals surface area contributed by atoms with Gasteiger partial charge < -0.3 is 10.2 Å². The predicted molar refractivity (Wildman–Crippen MR) is 89.4 cm³/mol. The standard InChI is InChI=1S/C18H23N3O2/c1-12(2)20-18(23)14-6-8-21(9-7-14)17-10-15(13(3)22)4-5-16(17)11-19/h4-5,10,12,14H,6-9H2,1-3H3,(H,20,23). The summed E-state index contributed by atoms with van der Waals surface area (Å²) in [4.78, 5) is 25.8. The van der Waals surface area contributed by atoms with Crippen LogP contribution in [-0.2, 0) is 4.79 Å². The fourth-order valence-electron chi connectivity index (χ4n) is 2.89. The third-order valence-corrected chi connectivity index (χ3v) is 4.16. The van der Waals surface area contributed by atoms with Crippen LogP contribution in [0.25, 0.3) is 0 Å². The number of rotatable bonds is 4. The second-order valence-corrected chi connectivity index (χ2v) is 6.32. The topological polar surface area (TPSA) is 73.2 Å². The molecule has 1 saturated heterocycles. The van der Waals surface area contributed by atoms with E-state index in [9.17, 15) is 14.9 Å². The van der Waals surface area contributed by atoms with Crippen LogP contribution in [0.3, 0.4) is 0 Å². The lowest BCUT2D eigenvalue weighted by Crippen LogP contribution is -2.42. The Morgan fingerprint density at radius 2 is 1.96 bits per heavy atom. The van der Waals surface area contributed by atoms with Crippen LogP contribution in [0.1, 0.15) is 49.5 Å². The predicted octanol–water partition coefficient (Wildman–Crippen LogP) is 2.50. The summed E-state index contributed by atoms with van der Waals surface area (Å²) in [5.74, 6) is 0.120. The van der Waals surface area contributed by atoms with Gasteiger partial charge in [0.15, 0.2) is 5.78 Å². The average molecular weight is 313 g/mol. The van der Waals surface area contributed by atoms with Crippen LogP contribution in [0.15, 0.2) is 18.2 Å². The molecule has 1 N–H and O–H groups in total. The normalized spacial score (nSPS) is 15.3. The molecule has 1 aromatic carbocycles. The number of anilines is 1. The molecule has 0 spiro atoms. The highest BCUT2D eigenvalue weighted by Crippen LogP contribution is 2.27. The SMILES string of the molecule is CC(=O)c1ccc(C#N)c(N2CCC(C(=O)NC(C)C)CC2)c1. The van der Waals surface area contributed by atoms with Crippen molar-refractivity contribution in [2.75, 3.05) is 18.0 Å². The fraction of sp³-hybridized carbons (Fsp3) is 0.500. The molecule has 0 atom stereocenters. The molecule has 1 fully saturated rings. The van der Waals surface area contributed by atoms with Gasteiger partial charge in [-0.25, -0.2) is 0 Å². The van der Waals surface area contributed by atoms with Crippen LogP contribution in [0, 0.1) is 17.2 Å². The van der Waals surface area contributed by atoms with Crippen LogP contribution in [0.4, 0.5) is 5.69 Å². The van der Waals surface area contributed by atoms with E-state index in [1.54, 1.807) is 18.2 Å². The number of carbonyl (C=O) groups excluding carboxylic acids is 2. The van der Waals surface area contributed by atoms with Gasteiger partial charge in [0.05, 0.1) is 11.3 Å². The molecule has 1 aliphatic rings. The molecule has 122 valence electrons. The van der Waals surface area contributed by atoms with Crippen LogP contribution in [0.2, 0.25) is 0 Å². The molecule has 0 saturated carbocycles. The first-order chi connectivity index (χ1) is 10.9. The Hall–Kier alpha value is -2.35. The highest BCUT2D eigenvalue weighted by atomic mass is 16.2. The number of piperidine rings is 1. The quantitative estimate of drug-likeness (QED) is 0.867. The summed E-state index contributed by atoms with van der Waals surface area (Å²) in [6.07, 6.45) is 1.52. The van der Waals surface area contributed by atoms with Crippen molar-refractivity contribution in [2.24, 2.45) is 5.92 Å². The zero-order valence-electron chi connectivity index (χ0n) is 13.9. The van der Waals surface area contributed by atoms with Crippen molar-refractivity contribution in [1.29, 1.82) is 5.26 Å². The summed E-state index contributed by atoms with van der Waals surface area (Å²) in [6.45, 7) is 6.87. The summed E-state index contributed by atoms with van der Waals surface area (Å²) in [6, 6.07) is 7.51. The molecular formula is C18H23N3O2. The lowest BCUT2D eigenvalue weighted by atomic mass is 9.94. The first-order valence-corrected chi connectivity index (χ1v) is 8.02. The van der Waals surface area contributed by atoms with Crippen LogP contribution in [0.5, 0.6) is 0 Å². The second-order valence-electron chi connectivity index (χ2n) is 6.32. The number of carbonyl (C=O) groups is 2. The summed E-state index contributed by atoms with van der Waals surface area (Å²) < 4.78 is 0. The number of nitriles is 1. The molecule has 5 heteroatoms. The van der Waals surface area contributed by atoms with Gasteiger partial charge >= 0.3 is 0 Å². The highest BCUT2D eigenvalue weighted by Gasteiger charge is 2.26. The van der Waals surface area contributed by atoms with Gasteiger partial charge in [0.2, 0.25) is 5.91 Å². The summed E-state index contributed by atoms with van der Waals surface area (Å²) in [5, 5.41) is 12.3. The van der Waals surface area contributed by atoms with Crippen molar-refractivity contribution in [1.82, 2.24) is 5.32 Å². The van der Waals surface area contributed by atoms with Gasteiger partial charge in [-0.1, -0.05) is 0 Å². The maximum atomic E-state index is 12.1. The summed E-state index contributed by atoms with van der Waals surface area (Å²) >= 11 is 0. The fourth-order valence-corrected chi connectivity index (χ4v) is 2.89. The van der Waals surface area contributed by atoms with Gasteiger partial charge in [-0.05, 0) is 51.8 Å². The van der Waals surface area contributed by atoms with Gasteiger partial charge in [-0.15, -0.1) is 0 Å². The minimum absolute atomic E-state index is 0.0121. The second kappa shape index (κ2) is 7.28. The van der Waals surface area contributed by atoms with Crippen molar-refractivity contribution >= 4 is 17.4 Å². The maximum Gasteiger partial charge on any atom is 0.223 e. The Morgan fingerprint density at radius 1 is 1.30 bits per heavy atom. The van der Waals surface area contributed by atoms with E-state index >= 15 is 0 Å². The Morgan fingerprint density at radius 3 is 2.48 bits per heavy atom. The molecule has 1 aliphatic heterocycles. The highest BCUT2D eigenvalue weighted by molar-refractivity contribution is 5.95. The first-order valence-electron chi connectivity index (χ1n) is 8.02. The van der Waals surface area contributed by atoms with Crippen molar-refractivity contribution < 1.29 is 9.59 Å². The minimum Gasteiger partial charge on any atom is -0.370 e. The molecule has 1 amide bonds. The van der Waals surface area contributed by atoms with E-state index in [1.807, 2.05) is 13.8 Å². The molecule has 0 aliphatic carbocycles. The molecule has 0 bridgehead atoms. The van der Waals surface area contributed by atoms with Gasteiger partial charge in [-0.3, -0.25) is 9.59 Å². The van der Waals surface area contributed by atoms with Crippen molar-refractivity contribution in [2.45, 2.75) is 39.7 Å². The molecule has 5 nitrogen and oxygen atoms in total. The molecule has 23 heavy (non-hydrogen) atoms. The maximum absolute atomic E-state index is 12.1. The lowest BCUT2D eigenvalue weighted by molar-refractivity contribution is -0.126. The van der Waals surface area contributed by atoms with Gasteiger partial charge in [0, 0.05) is 30.6 Å². The van der Waals surface area contributed by atoms with Gasteiger partial charge in [-0.2, -0.15) is 5.26 Å². The summed E-state index contributed by atoms with van der Waals surface area (Å²) in [5.41, 5.74) is 1.97. The van der Waals surface area contributed by atoms with Gasteiger partial charge in [0.25, 0.3) is 0 Å². The Kier molecular flexibility index (Phi) is 5.38. The molecule has 2 rings (SSSR count). The number of ketones is 1. The van der Waals surface area contributed by atoms with Crippen LogP contribution >= 0.6 is 0 Å². The molecular weight excluding hydrogens is 290 g/mol. The number of nitrogens with zero attached hydrogens (tertiary/aromatic N) is 2. The van der Waals surface area contributed by atoms with E-state index in [0.717, 1.165) is 18.5 Å². The first kappa shape index (κ1) is 17.0. The van der Waals surface area contributed by atoms with Crippen molar-refractivity contribution in [3.63, 3.8) is 0 Å². The Balaban J connectivity index is 2.11. The number of Topliss-reactive ketones (excluding diaryl/α,β-unsaturated/α-hetero) is 1. The number of amides is 1. The summed E-state index contributed by atoms with van der Waals surface area (Å²) in [7, 11) is 0. The third kappa shape index (κ3) is 4.10. The zero-order valence-corrected chi connectivity index (χ0v) is 13.9. The third-order valence-electron chi connectivity index (χ3n) is 4.16.